The molecular weight excluding hydrogens is 345 g/mol. The highest BCUT2D eigenvalue weighted by atomic mass is 19.1. The molecule has 1 unspecified atom stereocenters. The molecule has 0 spiro atoms. The van der Waals surface area contributed by atoms with Crippen LogP contribution in [0.25, 0.3) is 0 Å². The molecule has 1 aromatic carbocycles. The van der Waals surface area contributed by atoms with Gasteiger partial charge in [0.25, 0.3) is 0 Å². The first-order chi connectivity index (χ1) is 12.5. The molecule has 138 valence electrons. The minimum Gasteiger partial charge on any atom is -0.371 e. The summed E-state index contributed by atoms with van der Waals surface area (Å²) in [6.45, 7) is 1.82. The lowest BCUT2D eigenvalue weighted by molar-refractivity contribution is -0.118. The summed E-state index contributed by atoms with van der Waals surface area (Å²) in [5.74, 6) is -1.78. The Kier molecular flexibility index (Phi) is 5.71. The molecule has 26 heavy (non-hydrogen) atoms. The van der Waals surface area contributed by atoms with E-state index in [-0.39, 0.29) is 13.2 Å². The first-order valence-corrected chi connectivity index (χ1v) is 7.98. The maximum absolute atomic E-state index is 14.0. The standard InChI is InChI=1S/C17H18FN3O5/c1-11(22)19-16-13(18)7-21(17(23)20-16)14-9-25-15(26-14)10-24-8-12-5-3-2-4-6-12/h2-7,14-15H,8-10H2,1H3,(H,19,20,22,23)/t14?,15-/m0/s1. The van der Waals surface area contributed by atoms with Gasteiger partial charge in [0, 0.05) is 6.92 Å². The second-order valence-corrected chi connectivity index (χ2v) is 5.66. The molecule has 8 nitrogen and oxygen atoms in total. The molecule has 1 aliphatic heterocycles. The Morgan fingerprint density at radius 1 is 1.42 bits per heavy atom. The number of hydrogen-bond acceptors (Lipinski definition) is 6. The molecule has 1 fully saturated rings. The smallest absolute Gasteiger partial charge is 0.351 e. The predicted octanol–water partition coefficient (Wildman–Crippen LogP) is 1.43. The predicted molar refractivity (Wildman–Crippen MR) is 88.7 cm³/mol. The zero-order valence-electron chi connectivity index (χ0n) is 14.1. The molecule has 1 aromatic heterocycles. The molecule has 2 aromatic rings. The summed E-state index contributed by atoms with van der Waals surface area (Å²) in [6, 6.07) is 9.61. The van der Waals surface area contributed by atoms with Crippen molar-refractivity contribution in [3.05, 3.63) is 58.4 Å². The fourth-order valence-electron chi connectivity index (χ4n) is 2.43. The van der Waals surface area contributed by atoms with Crippen molar-refractivity contribution in [2.24, 2.45) is 0 Å². The summed E-state index contributed by atoms with van der Waals surface area (Å²) in [4.78, 5) is 26.5. The number of carbonyl (C=O) groups is 1. The number of carbonyl (C=O) groups excluding carboxylic acids is 1. The van der Waals surface area contributed by atoms with Crippen LogP contribution in [0.2, 0.25) is 0 Å². The Balaban J connectivity index is 1.57. The van der Waals surface area contributed by atoms with E-state index in [1.165, 1.54) is 6.92 Å². The Morgan fingerprint density at radius 2 is 2.19 bits per heavy atom. The lowest BCUT2D eigenvalue weighted by Gasteiger charge is -2.14. The molecule has 3 rings (SSSR count). The second-order valence-electron chi connectivity index (χ2n) is 5.66. The lowest BCUT2D eigenvalue weighted by atomic mass is 10.2. The Hall–Kier alpha value is -2.62. The zero-order valence-corrected chi connectivity index (χ0v) is 14.1. The highest BCUT2D eigenvalue weighted by Crippen LogP contribution is 2.21. The van der Waals surface area contributed by atoms with E-state index in [9.17, 15) is 14.0 Å². The molecule has 1 amide bonds. The number of nitrogens with one attached hydrogen (secondary N) is 1. The molecule has 1 N–H and O–H groups in total. The van der Waals surface area contributed by atoms with E-state index in [0.29, 0.717) is 6.61 Å². The van der Waals surface area contributed by atoms with Crippen molar-refractivity contribution in [1.29, 1.82) is 0 Å². The van der Waals surface area contributed by atoms with E-state index < -0.39 is 35.7 Å². The molecule has 0 radical (unpaired) electrons. The molecule has 0 saturated carbocycles. The molecule has 0 bridgehead atoms. The van der Waals surface area contributed by atoms with E-state index in [0.717, 1.165) is 16.3 Å². The van der Waals surface area contributed by atoms with Crippen molar-refractivity contribution in [3.8, 4) is 0 Å². The highest BCUT2D eigenvalue weighted by molar-refractivity contribution is 5.87. The van der Waals surface area contributed by atoms with Crippen LogP contribution in [0.3, 0.4) is 0 Å². The van der Waals surface area contributed by atoms with Gasteiger partial charge in [-0.1, -0.05) is 30.3 Å². The fraction of sp³-hybridized carbons (Fsp3) is 0.353. The summed E-state index contributed by atoms with van der Waals surface area (Å²) < 4.78 is 31.5. The third kappa shape index (κ3) is 4.51. The minimum atomic E-state index is -0.841. The SMILES string of the molecule is CC(=O)Nc1nc(=O)n(C2CO[C@H](COCc3ccccc3)O2)cc1F. The van der Waals surface area contributed by atoms with Crippen LogP contribution in [0.1, 0.15) is 18.7 Å². The van der Waals surface area contributed by atoms with Crippen LogP contribution in [0, 0.1) is 5.82 Å². The first kappa shape index (κ1) is 18.2. The van der Waals surface area contributed by atoms with Crippen LogP contribution in [0.15, 0.2) is 41.3 Å². The average molecular weight is 363 g/mol. The van der Waals surface area contributed by atoms with Crippen LogP contribution >= 0.6 is 0 Å². The molecular formula is C17H18FN3O5. The number of halogens is 1. The monoisotopic (exact) mass is 363 g/mol. The van der Waals surface area contributed by atoms with Gasteiger partial charge in [-0.2, -0.15) is 4.98 Å². The van der Waals surface area contributed by atoms with Gasteiger partial charge in [-0.25, -0.2) is 9.18 Å². The third-order valence-corrected chi connectivity index (χ3v) is 3.61. The Labute approximate surface area is 148 Å². The van der Waals surface area contributed by atoms with Crippen molar-refractivity contribution < 1.29 is 23.4 Å². The van der Waals surface area contributed by atoms with Gasteiger partial charge in [0.1, 0.15) is 0 Å². The van der Waals surface area contributed by atoms with Crippen LogP contribution in [-0.2, 0) is 25.6 Å². The number of rotatable bonds is 6. The van der Waals surface area contributed by atoms with E-state index in [4.69, 9.17) is 14.2 Å². The summed E-state index contributed by atoms with van der Waals surface area (Å²) in [5.41, 5.74) is 0.257. The largest absolute Gasteiger partial charge is 0.371 e. The van der Waals surface area contributed by atoms with Gasteiger partial charge in [0.05, 0.1) is 26.0 Å². The maximum atomic E-state index is 14.0. The van der Waals surface area contributed by atoms with Gasteiger partial charge in [-0.3, -0.25) is 9.36 Å². The molecule has 2 heterocycles. The number of ether oxygens (including phenoxy) is 3. The second kappa shape index (κ2) is 8.17. The van der Waals surface area contributed by atoms with Crippen LogP contribution in [0.5, 0.6) is 0 Å². The maximum Gasteiger partial charge on any atom is 0.351 e. The van der Waals surface area contributed by atoms with Crippen molar-refractivity contribution >= 4 is 11.7 Å². The van der Waals surface area contributed by atoms with Gasteiger partial charge in [0.2, 0.25) is 5.91 Å². The molecule has 1 saturated heterocycles. The Morgan fingerprint density at radius 3 is 2.92 bits per heavy atom. The van der Waals surface area contributed by atoms with Gasteiger partial charge >= 0.3 is 5.69 Å². The summed E-state index contributed by atoms with van der Waals surface area (Å²) in [6.07, 6.45) is -0.558. The van der Waals surface area contributed by atoms with Crippen molar-refractivity contribution in [1.82, 2.24) is 9.55 Å². The fourth-order valence-corrected chi connectivity index (χ4v) is 2.43. The van der Waals surface area contributed by atoms with Gasteiger partial charge in [0.15, 0.2) is 24.2 Å². The molecule has 2 atom stereocenters. The van der Waals surface area contributed by atoms with E-state index >= 15 is 0 Å². The normalized spacial score (nSPS) is 19.5. The van der Waals surface area contributed by atoms with Crippen LogP contribution < -0.4 is 11.0 Å². The average Bonchev–Trinajstić information content (AvgIpc) is 3.07. The van der Waals surface area contributed by atoms with Crippen molar-refractivity contribution in [3.63, 3.8) is 0 Å². The lowest BCUT2D eigenvalue weighted by Crippen LogP contribution is -2.30. The van der Waals surface area contributed by atoms with Gasteiger partial charge in [-0.05, 0) is 5.56 Å². The topological polar surface area (TPSA) is 91.7 Å². The molecule has 9 heteroatoms. The first-order valence-electron chi connectivity index (χ1n) is 7.98. The molecule has 1 aliphatic rings. The summed E-state index contributed by atoms with van der Waals surface area (Å²) in [7, 11) is 0. The zero-order chi connectivity index (χ0) is 18.5. The van der Waals surface area contributed by atoms with E-state index in [1.807, 2.05) is 30.3 Å². The Bertz CT molecular complexity index is 827. The van der Waals surface area contributed by atoms with Gasteiger partial charge < -0.3 is 19.5 Å². The number of hydrogen-bond donors (Lipinski definition) is 1. The van der Waals surface area contributed by atoms with Crippen LogP contribution in [0.4, 0.5) is 10.2 Å². The summed E-state index contributed by atoms with van der Waals surface area (Å²) >= 11 is 0. The van der Waals surface area contributed by atoms with Crippen LogP contribution in [-0.4, -0.2) is 35.0 Å². The van der Waals surface area contributed by atoms with Crippen molar-refractivity contribution in [2.45, 2.75) is 26.0 Å². The minimum absolute atomic E-state index is 0.0554. The number of anilines is 1. The number of aromatic nitrogens is 2. The summed E-state index contributed by atoms with van der Waals surface area (Å²) in [5, 5.41) is 2.15. The van der Waals surface area contributed by atoms with Gasteiger partial charge in [-0.15, -0.1) is 0 Å². The highest BCUT2D eigenvalue weighted by Gasteiger charge is 2.29. The quantitative estimate of drug-likeness (QED) is 0.835. The number of benzene rings is 1. The molecule has 0 aliphatic carbocycles. The third-order valence-electron chi connectivity index (χ3n) is 3.61. The number of nitrogens with zero attached hydrogens (tertiary/aromatic N) is 2. The van der Waals surface area contributed by atoms with E-state index in [2.05, 4.69) is 10.3 Å². The van der Waals surface area contributed by atoms with Crippen molar-refractivity contribution in [2.75, 3.05) is 18.5 Å². The number of amides is 1. The van der Waals surface area contributed by atoms with E-state index in [1.54, 1.807) is 0 Å².